The van der Waals surface area contributed by atoms with Crippen LogP contribution >= 0.6 is 0 Å². The van der Waals surface area contributed by atoms with Crippen molar-refractivity contribution in [1.29, 1.82) is 0 Å². The van der Waals surface area contributed by atoms with Gasteiger partial charge in [0.05, 0.1) is 23.3 Å². The second-order valence-electron chi connectivity index (χ2n) is 7.30. The number of benzene rings is 2. The van der Waals surface area contributed by atoms with Gasteiger partial charge in [0.15, 0.2) is 0 Å². The molecule has 1 aliphatic heterocycles. The number of hydrogen-bond donors (Lipinski definition) is 2. The molecule has 7 nitrogen and oxygen atoms in total. The van der Waals surface area contributed by atoms with E-state index >= 15 is 0 Å². The maximum Gasteiger partial charge on any atom is 0.433 e. The molecule has 1 atom stereocenters. The lowest BCUT2D eigenvalue weighted by Gasteiger charge is -2.21. The van der Waals surface area contributed by atoms with Crippen LogP contribution in [-0.2, 0) is 11.0 Å². The highest BCUT2D eigenvalue weighted by atomic mass is 19.4. The van der Waals surface area contributed by atoms with Crippen LogP contribution in [0.1, 0.15) is 16.8 Å². The van der Waals surface area contributed by atoms with E-state index in [1.807, 2.05) is 0 Å². The van der Waals surface area contributed by atoms with Crippen LogP contribution in [0.3, 0.4) is 0 Å². The van der Waals surface area contributed by atoms with Gasteiger partial charge >= 0.3 is 12.2 Å². The maximum absolute atomic E-state index is 14.6. The first-order chi connectivity index (χ1) is 16.1. The number of fused-ring (bicyclic) bond motifs is 1. The fourth-order valence-corrected chi connectivity index (χ4v) is 3.41. The Morgan fingerprint density at radius 1 is 1.00 bits per heavy atom. The smallest absolute Gasteiger partial charge is 0.311 e. The van der Waals surface area contributed by atoms with E-state index in [1.165, 1.54) is 30.1 Å². The summed E-state index contributed by atoms with van der Waals surface area (Å²) in [5.41, 5.74) is 0.105. The summed E-state index contributed by atoms with van der Waals surface area (Å²) in [6.45, 7) is 0. The molecule has 0 fully saturated rings. The minimum atomic E-state index is -4.62. The Morgan fingerprint density at radius 3 is 2.32 bits per heavy atom. The van der Waals surface area contributed by atoms with Crippen molar-refractivity contribution in [2.24, 2.45) is 4.99 Å². The van der Waals surface area contributed by atoms with E-state index in [0.29, 0.717) is 17.3 Å². The summed E-state index contributed by atoms with van der Waals surface area (Å²) >= 11 is 0. The number of likely N-dealkylation sites (N-methyl/N-ethyl adjacent to an activating group) is 1. The quantitative estimate of drug-likeness (QED) is 0.562. The number of pyridine rings is 1. The lowest BCUT2D eigenvalue weighted by Crippen LogP contribution is -2.47. The molecule has 1 aliphatic rings. The molecule has 34 heavy (non-hydrogen) atoms. The van der Waals surface area contributed by atoms with Crippen LogP contribution in [0.15, 0.2) is 71.9 Å². The molecule has 2 aromatic carbocycles. The third-order valence-electron chi connectivity index (χ3n) is 5.05. The number of carbonyl (C=O) groups excluding carboxylic acids is 2. The first-order valence-electron chi connectivity index (χ1n) is 9.95. The first kappa shape index (κ1) is 22.9. The summed E-state index contributed by atoms with van der Waals surface area (Å²) in [5, 5.41) is 4.70. The van der Waals surface area contributed by atoms with E-state index in [0.717, 1.165) is 12.3 Å². The fourth-order valence-electron chi connectivity index (χ4n) is 3.41. The van der Waals surface area contributed by atoms with Crippen LogP contribution in [0.4, 0.5) is 33.7 Å². The average Bonchev–Trinajstić information content (AvgIpc) is 2.90. The molecule has 2 heterocycles. The Labute approximate surface area is 191 Å². The lowest BCUT2D eigenvalue weighted by atomic mass is 10.00. The highest BCUT2D eigenvalue weighted by Gasteiger charge is 2.33. The molecule has 0 bridgehead atoms. The Balaban J connectivity index is 1.64. The first-order valence-corrected chi connectivity index (χ1v) is 9.95. The predicted octanol–water partition coefficient (Wildman–Crippen LogP) is 4.20. The van der Waals surface area contributed by atoms with Gasteiger partial charge in [-0.1, -0.05) is 30.3 Å². The Hall–Kier alpha value is -4.28. The number of hydrogen-bond acceptors (Lipinski definition) is 4. The minimum absolute atomic E-state index is 0.0264. The van der Waals surface area contributed by atoms with Gasteiger partial charge in [0.25, 0.3) is 5.91 Å². The van der Waals surface area contributed by atoms with Gasteiger partial charge < -0.3 is 15.5 Å². The van der Waals surface area contributed by atoms with Crippen molar-refractivity contribution in [3.8, 4) is 0 Å². The highest BCUT2D eigenvalue weighted by molar-refractivity contribution is 6.20. The summed E-state index contributed by atoms with van der Waals surface area (Å²) < 4.78 is 52.7. The number of aliphatic imine (C=N–C) groups is 1. The molecular formula is C23H17F4N5O2. The number of anilines is 2. The standard InChI is InChI=1S/C23H17F4N5O2/c1-32-17-9-5-3-7-15(17)19(14-6-2-4-8-16(14)24)30-20(21(32)33)31-22(34)29-13-10-11-18(28-12-13)23(25,26)27/h2-12,20H,1H3,(H2,29,31,34). The second kappa shape index (κ2) is 8.93. The molecule has 0 radical (unpaired) electrons. The highest BCUT2D eigenvalue weighted by Crippen LogP contribution is 2.29. The van der Waals surface area contributed by atoms with Gasteiger partial charge in [0, 0.05) is 18.2 Å². The van der Waals surface area contributed by atoms with Gasteiger partial charge in [-0.05, 0) is 30.3 Å². The average molecular weight is 471 g/mol. The maximum atomic E-state index is 14.6. The number of benzodiazepines with no additional fused rings is 1. The van der Waals surface area contributed by atoms with Crippen LogP contribution in [0.25, 0.3) is 0 Å². The molecule has 1 aromatic heterocycles. The zero-order valence-corrected chi connectivity index (χ0v) is 17.6. The van der Waals surface area contributed by atoms with Crippen molar-refractivity contribution in [1.82, 2.24) is 10.3 Å². The summed E-state index contributed by atoms with van der Waals surface area (Å²) in [7, 11) is 1.49. The van der Waals surface area contributed by atoms with Crippen LogP contribution in [0.2, 0.25) is 0 Å². The number of nitrogens with one attached hydrogen (secondary N) is 2. The van der Waals surface area contributed by atoms with Crippen LogP contribution in [0, 0.1) is 5.82 Å². The molecule has 0 spiro atoms. The molecule has 3 amide bonds. The van der Waals surface area contributed by atoms with Gasteiger partial charge in [0.1, 0.15) is 11.5 Å². The predicted molar refractivity (Wildman–Crippen MR) is 117 cm³/mol. The molecule has 0 aliphatic carbocycles. The molecule has 0 saturated heterocycles. The van der Waals surface area contributed by atoms with E-state index < -0.39 is 35.8 Å². The minimum Gasteiger partial charge on any atom is -0.311 e. The van der Waals surface area contributed by atoms with Crippen LogP contribution < -0.4 is 15.5 Å². The van der Waals surface area contributed by atoms with E-state index in [4.69, 9.17) is 0 Å². The zero-order chi connectivity index (χ0) is 24.5. The van der Waals surface area contributed by atoms with Crippen molar-refractivity contribution in [2.45, 2.75) is 12.3 Å². The van der Waals surface area contributed by atoms with E-state index in [9.17, 15) is 27.2 Å². The Bertz CT molecular complexity index is 1270. The van der Waals surface area contributed by atoms with E-state index in [-0.39, 0.29) is 17.0 Å². The van der Waals surface area contributed by atoms with Crippen molar-refractivity contribution >= 4 is 29.0 Å². The second-order valence-corrected chi connectivity index (χ2v) is 7.30. The Morgan fingerprint density at radius 2 is 1.68 bits per heavy atom. The largest absolute Gasteiger partial charge is 0.433 e. The third-order valence-corrected chi connectivity index (χ3v) is 5.05. The molecule has 0 saturated carbocycles. The number of halogens is 4. The number of para-hydroxylation sites is 1. The molecular weight excluding hydrogens is 454 g/mol. The van der Waals surface area contributed by atoms with E-state index in [2.05, 4.69) is 20.6 Å². The van der Waals surface area contributed by atoms with Gasteiger partial charge in [-0.15, -0.1) is 0 Å². The van der Waals surface area contributed by atoms with Gasteiger partial charge in [-0.2, -0.15) is 13.2 Å². The summed E-state index contributed by atoms with van der Waals surface area (Å²) in [6, 6.07) is 13.5. The van der Waals surface area contributed by atoms with Gasteiger partial charge in [-0.25, -0.2) is 19.2 Å². The van der Waals surface area contributed by atoms with Gasteiger partial charge in [0.2, 0.25) is 6.17 Å². The summed E-state index contributed by atoms with van der Waals surface area (Å²) in [6.07, 6.45) is -5.22. The lowest BCUT2D eigenvalue weighted by molar-refractivity contribution is -0.141. The number of rotatable bonds is 3. The molecule has 1 unspecified atom stereocenters. The van der Waals surface area contributed by atoms with Crippen molar-refractivity contribution in [3.05, 3.63) is 89.5 Å². The van der Waals surface area contributed by atoms with Gasteiger partial charge in [-0.3, -0.25) is 4.79 Å². The van der Waals surface area contributed by atoms with Crippen LogP contribution in [-0.4, -0.2) is 35.8 Å². The number of urea groups is 1. The monoisotopic (exact) mass is 471 g/mol. The normalized spacial score (nSPS) is 15.8. The number of alkyl halides is 3. The van der Waals surface area contributed by atoms with Crippen molar-refractivity contribution in [3.63, 3.8) is 0 Å². The number of carbonyl (C=O) groups is 2. The van der Waals surface area contributed by atoms with E-state index in [1.54, 1.807) is 30.3 Å². The molecule has 174 valence electrons. The fraction of sp³-hybridized carbons (Fsp3) is 0.130. The topological polar surface area (TPSA) is 86.7 Å². The molecule has 3 aromatic rings. The molecule has 2 N–H and O–H groups in total. The molecule has 4 rings (SSSR count). The number of amides is 3. The number of aromatic nitrogens is 1. The molecule has 11 heteroatoms. The van der Waals surface area contributed by atoms with Crippen molar-refractivity contribution in [2.75, 3.05) is 17.3 Å². The number of nitrogens with zero attached hydrogens (tertiary/aromatic N) is 3. The third kappa shape index (κ3) is 4.58. The zero-order valence-electron chi connectivity index (χ0n) is 17.6. The summed E-state index contributed by atoms with van der Waals surface area (Å²) in [4.78, 5) is 34.5. The van der Waals surface area contributed by atoms with Crippen molar-refractivity contribution < 1.29 is 27.2 Å². The SMILES string of the molecule is CN1C(=O)C(NC(=O)Nc2ccc(C(F)(F)F)nc2)N=C(c2ccccc2F)c2ccccc21. The Kier molecular flexibility index (Phi) is 6.01. The van der Waals surface area contributed by atoms with Crippen LogP contribution in [0.5, 0.6) is 0 Å². The summed E-state index contributed by atoms with van der Waals surface area (Å²) in [5.74, 6) is -1.16.